The molecule has 0 fully saturated rings. The SMILES string of the molecule is COc1ccc(C(C)C)cc1[C@@H](N)CCC(C)C.Cl. The molecule has 1 aromatic rings. The van der Waals surface area contributed by atoms with E-state index in [9.17, 15) is 0 Å². The Morgan fingerprint density at radius 2 is 1.74 bits per heavy atom. The van der Waals surface area contributed by atoms with Gasteiger partial charge in [0.2, 0.25) is 0 Å². The maximum atomic E-state index is 6.31. The minimum Gasteiger partial charge on any atom is -0.496 e. The zero-order chi connectivity index (χ0) is 13.7. The van der Waals surface area contributed by atoms with Gasteiger partial charge >= 0.3 is 0 Å². The van der Waals surface area contributed by atoms with Crippen molar-refractivity contribution in [3.8, 4) is 5.75 Å². The molecule has 0 spiro atoms. The molecule has 19 heavy (non-hydrogen) atoms. The molecule has 0 aliphatic carbocycles. The average Bonchev–Trinajstić information content (AvgIpc) is 2.34. The number of halogens is 1. The molecule has 0 aromatic heterocycles. The Balaban J connectivity index is 0.00000324. The number of nitrogens with two attached hydrogens (primary N) is 1. The molecular formula is C16H28ClNO. The van der Waals surface area contributed by atoms with Crippen LogP contribution in [0.1, 0.15) is 63.6 Å². The molecule has 0 unspecified atom stereocenters. The fourth-order valence-corrected chi connectivity index (χ4v) is 2.07. The lowest BCUT2D eigenvalue weighted by atomic mass is 9.93. The van der Waals surface area contributed by atoms with E-state index in [2.05, 4.69) is 39.8 Å². The van der Waals surface area contributed by atoms with Gasteiger partial charge in [-0.3, -0.25) is 0 Å². The lowest BCUT2D eigenvalue weighted by Crippen LogP contribution is -2.13. The van der Waals surface area contributed by atoms with Gasteiger partial charge < -0.3 is 10.5 Å². The molecule has 110 valence electrons. The fraction of sp³-hybridized carbons (Fsp3) is 0.625. The molecule has 0 heterocycles. The summed E-state index contributed by atoms with van der Waals surface area (Å²) in [6.45, 7) is 8.86. The monoisotopic (exact) mass is 285 g/mol. The summed E-state index contributed by atoms with van der Waals surface area (Å²) in [7, 11) is 1.71. The topological polar surface area (TPSA) is 35.2 Å². The van der Waals surface area contributed by atoms with E-state index in [0.717, 1.165) is 24.2 Å². The van der Waals surface area contributed by atoms with E-state index < -0.39 is 0 Å². The highest BCUT2D eigenvalue weighted by molar-refractivity contribution is 5.85. The number of methoxy groups -OCH3 is 1. The van der Waals surface area contributed by atoms with Crippen LogP contribution in [0, 0.1) is 5.92 Å². The second-order valence-electron chi connectivity index (χ2n) is 5.73. The third kappa shape index (κ3) is 5.42. The minimum absolute atomic E-state index is 0. The molecular weight excluding hydrogens is 258 g/mol. The molecule has 1 atom stereocenters. The van der Waals surface area contributed by atoms with Gasteiger partial charge in [-0.25, -0.2) is 0 Å². The number of benzene rings is 1. The molecule has 0 bridgehead atoms. The van der Waals surface area contributed by atoms with E-state index in [4.69, 9.17) is 10.5 Å². The van der Waals surface area contributed by atoms with Gasteiger partial charge in [-0.15, -0.1) is 12.4 Å². The molecule has 0 aliphatic heterocycles. The van der Waals surface area contributed by atoms with Crippen molar-refractivity contribution < 1.29 is 4.74 Å². The summed E-state index contributed by atoms with van der Waals surface area (Å²) in [6.07, 6.45) is 2.16. The van der Waals surface area contributed by atoms with E-state index in [1.165, 1.54) is 5.56 Å². The first kappa shape index (κ1) is 18.3. The predicted octanol–water partition coefficient (Wildman–Crippen LogP) is 4.68. The smallest absolute Gasteiger partial charge is 0.123 e. The van der Waals surface area contributed by atoms with Crippen molar-refractivity contribution in [2.75, 3.05) is 7.11 Å². The highest BCUT2D eigenvalue weighted by Crippen LogP contribution is 2.30. The Hall–Kier alpha value is -0.730. The van der Waals surface area contributed by atoms with Crippen molar-refractivity contribution >= 4 is 12.4 Å². The maximum Gasteiger partial charge on any atom is 0.123 e. The largest absolute Gasteiger partial charge is 0.496 e. The Morgan fingerprint density at radius 1 is 1.11 bits per heavy atom. The second kappa shape index (κ2) is 8.44. The van der Waals surface area contributed by atoms with E-state index in [-0.39, 0.29) is 18.4 Å². The van der Waals surface area contributed by atoms with Crippen LogP contribution in [0.15, 0.2) is 18.2 Å². The first-order valence-electron chi connectivity index (χ1n) is 6.89. The van der Waals surface area contributed by atoms with Crippen LogP contribution in [0.3, 0.4) is 0 Å². The van der Waals surface area contributed by atoms with Gasteiger partial charge in [-0.1, -0.05) is 39.8 Å². The van der Waals surface area contributed by atoms with Gasteiger partial charge in [0.15, 0.2) is 0 Å². The summed E-state index contributed by atoms with van der Waals surface area (Å²) in [5.74, 6) is 2.12. The number of hydrogen-bond donors (Lipinski definition) is 1. The van der Waals surface area contributed by atoms with Gasteiger partial charge in [0.25, 0.3) is 0 Å². The standard InChI is InChI=1S/C16H27NO.ClH/c1-11(2)6-8-15(17)14-10-13(12(3)4)7-9-16(14)18-5;/h7,9-12,15H,6,8,17H2,1-5H3;1H/t15-;/m0./s1. The van der Waals surface area contributed by atoms with Gasteiger partial charge in [0.05, 0.1) is 7.11 Å². The first-order chi connectivity index (χ1) is 8.45. The van der Waals surface area contributed by atoms with Crippen LogP contribution >= 0.6 is 12.4 Å². The molecule has 3 heteroatoms. The van der Waals surface area contributed by atoms with Gasteiger partial charge in [0, 0.05) is 11.6 Å². The molecule has 0 amide bonds. The summed E-state index contributed by atoms with van der Waals surface area (Å²) in [5.41, 5.74) is 8.78. The zero-order valence-electron chi connectivity index (χ0n) is 12.8. The number of hydrogen-bond acceptors (Lipinski definition) is 2. The molecule has 0 aliphatic rings. The summed E-state index contributed by atoms with van der Waals surface area (Å²) in [4.78, 5) is 0. The van der Waals surface area contributed by atoms with Gasteiger partial charge in [-0.05, 0) is 36.3 Å². The Kier molecular flexibility index (Phi) is 8.12. The molecule has 0 saturated carbocycles. The van der Waals surface area contributed by atoms with Crippen molar-refractivity contribution in [2.24, 2.45) is 11.7 Å². The van der Waals surface area contributed by atoms with Crippen molar-refractivity contribution in [2.45, 2.75) is 52.5 Å². The van der Waals surface area contributed by atoms with Gasteiger partial charge in [-0.2, -0.15) is 0 Å². The van der Waals surface area contributed by atoms with E-state index in [0.29, 0.717) is 11.8 Å². The summed E-state index contributed by atoms with van der Waals surface area (Å²) in [6, 6.07) is 6.44. The predicted molar refractivity (Wildman–Crippen MR) is 85.3 cm³/mol. The normalized spacial score (nSPS) is 12.4. The van der Waals surface area contributed by atoms with Crippen LogP contribution in [0.2, 0.25) is 0 Å². The Morgan fingerprint density at radius 3 is 2.21 bits per heavy atom. The van der Waals surface area contributed by atoms with Crippen LogP contribution in [0.4, 0.5) is 0 Å². The molecule has 0 saturated heterocycles. The van der Waals surface area contributed by atoms with Crippen LogP contribution in [-0.2, 0) is 0 Å². The lowest BCUT2D eigenvalue weighted by molar-refractivity contribution is 0.400. The average molecular weight is 286 g/mol. The van der Waals surface area contributed by atoms with E-state index >= 15 is 0 Å². The van der Waals surface area contributed by atoms with Crippen LogP contribution < -0.4 is 10.5 Å². The Labute approximate surface area is 124 Å². The molecule has 2 nitrogen and oxygen atoms in total. The van der Waals surface area contributed by atoms with Gasteiger partial charge in [0.1, 0.15) is 5.75 Å². The van der Waals surface area contributed by atoms with Crippen LogP contribution in [0.25, 0.3) is 0 Å². The third-order valence-corrected chi connectivity index (χ3v) is 3.37. The third-order valence-electron chi connectivity index (χ3n) is 3.37. The zero-order valence-corrected chi connectivity index (χ0v) is 13.6. The van der Waals surface area contributed by atoms with Crippen molar-refractivity contribution in [1.29, 1.82) is 0 Å². The maximum absolute atomic E-state index is 6.31. The van der Waals surface area contributed by atoms with E-state index in [1.54, 1.807) is 7.11 Å². The van der Waals surface area contributed by atoms with Crippen molar-refractivity contribution in [1.82, 2.24) is 0 Å². The fourth-order valence-electron chi connectivity index (χ4n) is 2.07. The quantitative estimate of drug-likeness (QED) is 0.824. The molecule has 0 radical (unpaired) electrons. The molecule has 1 rings (SSSR count). The summed E-state index contributed by atoms with van der Waals surface area (Å²) in [5, 5.41) is 0. The number of rotatable bonds is 6. The first-order valence-corrected chi connectivity index (χ1v) is 6.89. The highest BCUT2D eigenvalue weighted by atomic mass is 35.5. The summed E-state index contributed by atoms with van der Waals surface area (Å²) >= 11 is 0. The summed E-state index contributed by atoms with van der Waals surface area (Å²) < 4.78 is 5.43. The van der Waals surface area contributed by atoms with Crippen molar-refractivity contribution in [3.63, 3.8) is 0 Å². The number of ether oxygens (including phenoxy) is 1. The highest BCUT2D eigenvalue weighted by Gasteiger charge is 2.14. The van der Waals surface area contributed by atoms with Crippen LogP contribution in [0.5, 0.6) is 5.75 Å². The second-order valence-corrected chi connectivity index (χ2v) is 5.73. The lowest BCUT2D eigenvalue weighted by Gasteiger charge is -2.19. The van der Waals surface area contributed by atoms with Crippen molar-refractivity contribution in [3.05, 3.63) is 29.3 Å². The Bertz CT molecular complexity index is 377. The van der Waals surface area contributed by atoms with E-state index in [1.807, 2.05) is 6.07 Å². The molecule has 2 N–H and O–H groups in total. The van der Waals surface area contributed by atoms with Crippen LogP contribution in [-0.4, -0.2) is 7.11 Å². The molecule has 1 aromatic carbocycles. The minimum atomic E-state index is 0.